The molecule has 0 fully saturated rings. The molecule has 0 aromatic heterocycles. The Bertz CT molecular complexity index is 309. The summed E-state index contributed by atoms with van der Waals surface area (Å²) in [7, 11) is -3.13. The first-order chi connectivity index (χ1) is 4.61. The van der Waals surface area contributed by atoms with E-state index in [1.54, 1.807) is 30.3 Å². The summed E-state index contributed by atoms with van der Waals surface area (Å²) >= 11 is 2.10. The van der Waals surface area contributed by atoms with Gasteiger partial charge < -0.3 is 0 Å². The van der Waals surface area contributed by atoms with Crippen LogP contribution in [-0.4, -0.2) is 23.1 Å². The third kappa shape index (κ3) is 3.85. The predicted molar refractivity (Wildman–Crippen MR) is 39.4 cm³/mol. The van der Waals surface area contributed by atoms with Crippen molar-refractivity contribution in [2.24, 2.45) is 0 Å². The normalized spacial score (nSPS) is 14.6. The molecule has 1 aromatic carbocycles. The fraction of sp³-hybridized carbons (Fsp3) is 0. The van der Waals surface area contributed by atoms with Crippen LogP contribution in [0.1, 0.15) is 0 Å². The summed E-state index contributed by atoms with van der Waals surface area (Å²) in [6.07, 6.45) is 0. The summed E-state index contributed by atoms with van der Waals surface area (Å²) in [6, 6.07) is 8.24. The van der Waals surface area contributed by atoms with Gasteiger partial charge in [0.1, 0.15) is 0 Å². The van der Waals surface area contributed by atoms with E-state index in [1.807, 2.05) is 0 Å². The van der Waals surface area contributed by atoms with Gasteiger partial charge in [0.25, 0.3) is 0 Å². The topological polar surface area (TPSA) is 40.1 Å². The van der Waals surface area contributed by atoms with Crippen molar-refractivity contribution in [3.05, 3.63) is 30.3 Å². The van der Waals surface area contributed by atoms with Crippen LogP contribution in [0.3, 0.4) is 0 Å². The van der Waals surface area contributed by atoms with Crippen molar-refractivity contribution in [1.82, 2.24) is 0 Å². The van der Waals surface area contributed by atoms with Gasteiger partial charge in [-0.2, -0.15) is 0 Å². The Balaban J connectivity index is 0.000001000. The summed E-state index contributed by atoms with van der Waals surface area (Å²) in [5.41, 5.74) is 0. The van der Waals surface area contributed by atoms with Crippen LogP contribution >= 0.6 is 0 Å². The minimum Gasteiger partial charge on any atom is 1.00 e. The molecule has 0 amide bonds. The van der Waals surface area contributed by atoms with E-state index in [4.69, 9.17) is 0 Å². The molecule has 0 aliphatic heterocycles. The molecule has 1 rings (SSSR count). The van der Waals surface area contributed by atoms with Crippen molar-refractivity contribution in [2.75, 3.05) is 0 Å². The maximum Gasteiger partial charge on any atom is 1.00 e. The van der Waals surface area contributed by atoms with E-state index < -0.39 is 8.14 Å². The molecule has 1 unspecified atom stereocenters. The van der Waals surface area contributed by atoms with Crippen molar-refractivity contribution in [3.8, 4) is 0 Å². The second-order valence-corrected chi connectivity index (χ2v) is 5.91. The summed E-state index contributed by atoms with van der Waals surface area (Å²) < 4.78 is 21.6. The Morgan fingerprint density at radius 3 is 2.00 bits per heavy atom. The van der Waals surface area contributed by atoms with E-state index in [0.29, 0.717) is 4.90 Å². The first-order valence-electron chi connectivity index (χ1n) is 2.61. The van der Waals surface area contributed by atoms with Crippen LogP contribution in [0, 0.1) is 0 Å². The van der Waals surface area contributed by atoms with E-state index in [0.717, 1.165) is 0 Å². The Hall–Kier alpha value is 0.849. The van der Waals surface area contributed by atoms with Gasteiger partial charge in [-0.15, -0.1) is 0 Å². The zero-order valence-corrected chi connectivity index (χ0v) is 10.5. The van der Waals surface area contributed by atoms with Gasteiger partial charge in [0.15, 0.2) is 0 Å². The number of hydrogen-bond acceptors (Lipinski definition) is 2. The molecule has 0 saturated carbocycles. The minimum atomic E-state index is -3.13. The van der Waals surface area contributed by atoms with Gasteiger partial charge in [0, 0.05) is 0 Å². The molecule has 0 saturated heterocycles. The van der Waals surface area contributed by atoms with Crippen molar-refractivity contribution in [1.29, 1.82) is 0 Å². The molecule has 2 nitrogen and oxygen atoms in total. The minimum absolute atomic E-state index is 0. The molecule has 0 heterocycles. The van der Waals surface area contributed by atoms with Gasteiger partial charge in [0.05, 0.1) is 0 Å². The molecule has 0 bridgehead atoms. The van der Waals surface area contributed by atoms with Crippen LogP contribution in [0.2, 0.25) is 0 Å². The van der Waals surface area contributed by atoms with E-state index >= 15 is 0 Å². The van der Waals surface area contributed by atoms with Gasteiger partial charge in [-0.3, -0.25) is 0 Å². The molecular weight excluding hydrogens is 238 g/mol. The fourth-order valence-electron chi connectivity index (χ4n) is 0.587. The first kappa shape index (κ1) is 11.8. The quantitative estimate of drug-likeness (QED) is 0.514. The van der Waals surface area contributed by atoms with Crippen LogP contribution in [-0.2, 0) is 8.14 Å². The van der Waals surface area contributed by atoms with Crippen LogP contribution < -0.4 is 29.6 Å². The number of rotatable bonds is 1. The SMILES string of the molecule is O=S([O-])(=[Se])c1ccccc1.[Na+]. The van der Waals surface area contributed by atoms with Gasteiger partial charge in [0.2, 0.25) is 0 Å². The Morgan fingerprint density at radius 1 is 1.27 bits per heavy atom. The molecule has 54 valence electrons. The molecular formula is C6H5NaO2SSe. The van der Waals surface area contributed by atoms with Crippen LogP contribution in [0.5, 0.6) is 0 Å². The summed E-state index contributed by atoms with van der Waals surface area (Å²) in [4.78, 5) is 0.315. The van der Waals surface area contributed by atoms with E-state index in [1.165, 1.54) is 0 Å². The number of hydrogen-bond donors (Lipinski definition) is 0. The Morgan fingerprint density at radius 2 is 1.73 bits per heavy atom. The zero-order valence-electron chi connectivity index (χ0n) is 6.02. The van der Waals surface area contributed by atoms with Gasteiger partial charge in [-0.05, 0) is 0 Å². The van der Waals surface area contributed by atoms with Gasteiger partial charge in [-0.25, -0.2) is 0 Å². The summed E-state index contributed by atoms with van der Waals surface area (Å²) in [5.74, 6) is 0. The standard InChI is InChI=1S/C6H6O2SSe.Na/c7-9(8,10)6-4-2-1-3-5-6;/h1-5H,(H,7,8,10);/q;+1/p-1. The molecule has 1 atom stereocenters. The third-order valence-corrected chi connectivity index (χ3v) is 3.09. The van der Waals surface area contributed by atoms with E-state index in [9.17, 15) is 8.76 Å². The largest absolute Gasteiger partial charge is 1.00 e. The maximum absolute atomic E-state index is 10.8. The van der Waals surface area contributed by atoms with Crippen LogP contribution in [0.4, 0.5) is 0 Å². The average molecular weight is 243 g/mol. The Kier molecular flexibility index (Phi) is 5.14. The van der Waals surface area contributed by atoms with Crippen molar-refractivity contribution in [3.63, 3.8) is 0 Å². The molecule has 0 N–H and O–H groups in total. The molecule has 0 aliphatic carbocycles. The van der Waals surface area contributed by atoms with Crippen molar-refractivity contribution in [2.45, 2.75) is 4.90 Å². The first-order valence-corrected chi connectivity index (χ1v) is 6.12. The van der Waals surface area contributed by atoms with Crippen LogP contribution in [0.25, 0.3) is 0 Å². The predicted octanol–water partition coefficient (Wildman–Crippen LogP) is -2.45. The molecule has 11 heavy (non-hydrogen) atoms. The Labute approximate surface area is 95.2 Å². The van der Waals surface area contributed by atoms with Crippen LogP contribution in [0.15, 0.2) is 35.2 Å². The van der Waals surface area contributed by atoms with Crippen molar-refractivity contribution >= 4 is 22.5 Å². The zero-order chi connectivity index (χ0) is 7.61. The summed E-state index contributed by atoms with van der Waals surface area (Å²) in [6.45, 7) is 0. The van der Waals surface area contributed by atoms with Gasteiger partial charge >= 0.3 is 96.1 Å². The van der Waals surface area contributed by atoms with E-state index in [-0.39, 0.29) is 29.6 Å². The van der Waals surface area contributed by atoms with Gasteiger partial charge in [-0.1, -0.05) is 0 Å². The molecule has 0 aliphatic rings. The van der Waals surface area contributed by atoms with E-state index in [2.05, 4.69) is 14.4 Å². The molecule has 5 heteroatoms. The second-order valence-electron chi connectivity index (χ2n) is 1.77. The molecule has 0 spiro atoms. The monoisotopic (exact) mass is 244 g/mol. The molecule has 1 aromatic rings. The maximum atomic E-state index is 10.8. The number of benzene rings is 1. The molecule has 0 radical (unpaired) electrons. The third-order valence-electron chi connectivity index (χ3n) is 1.03. The van der Waals surface area contributed by atoms with Crippen molar-refractivity contribution < 1.29 is 38.3 Å². The second kappa shape index (κ2) is 4.77. The fourth-order valence-corrected chi connectivity index (χ4v) is 1.78. The smallest absolute Gasteiger partial charge is 1.00 e. The summed E-state index contributed by atoms with van der Waals surface area (Å²) in [5, 5.41) is 0. The average Bonchev–Trinajstić information content (AvgIpc) is 1.88.